The van der Waals surface area contributed by atoms with Gasteiger partial charge in [-0.15, -0.1) is 0 Å². The van der Waals surface area contributed by atoms with Crippen LogP contribution >= 0.6 is 0 Å². The molecule has 0 bridgehead atoms. The van der Waals surface area contributed by atoms with Crippen LogP contribution < -0.4 is 0 Å². The quantitative estimate of drug-likeness (QED) is 0.639. The maximum Gasteiger partial charge on any atom is 0.113 e. The summed E-state index contributed by atoms with van der Waals surface area (Å²) in [6.45, 7) is 11.9. The zero-order valence-electron chi connectivity index (χ0n) is 14.4. The van der Waals surface area contributed by atoms with Gasteiger partial charge in [-0.3, -0.25) is 0 Å². The Kier molecular flexibility index (Phi) is 9.82. The molecule has 2 heteroatoms. The summed E-state index contributed by atoms with van der Waals surface area (Å²) in [5.41, 5.74) is 4.21. The van der Waals surface area contributed by atoms with Crippen LogP contribution in [0.3, 0.4) is 0 Å². The highest BCUT2D eigenvalue weighted by Gasteiger charge is 1.95. The third-order valence-corrected chi connectivity index (χ3v) is 2.43. The molecule has 0 fully saturated rings. The number of pyridine rings is 1. The van der Waals surface area contributed by atoms with E-state index in [0.29, 0.717) is 5.56 Å². The molecule has 1 heterocycles. The van der Waals surface area contributed by atoms with E-state index in [0.717, 1.165) is 22.5 Å². The number of aryl methyl sites for hydroxylation is 2. The molecule has 0 radical (unpaired) electrons. The molecule has 1 aromatic carbocycles. The van der Waals surface area contributed by atoms with E-state index in [1.165, 1.54) is 0 Å². The largest absolute Gasteiger partial charge is 0.245 e. The van der Waals surface area contributed by atoms with Crippen LogP contribution in [0.2, 0.25) is 0 Å². The van der Waals surface area contributed by atoms with Crippen molar-refractivity contribution >= 4 is 0 Å². The van der Waals surface area contributed by atoms with Crippen molar-refractivity contribution in [2.24, 2.45) is 0 Å². The SMILES string of the molecule is CC.CC.Cc1cc(C#N)cc(C#Cc2cccc(C)n2)c1. The minimum absolute atomic E-state index is 0.636. The maximum atomic E-state index is 8.90. The molecule has 114 valence electrons. The van der Waals surface area contributed by atoms with Gasteiger partial charge in [0.05, 0.1) is 11.6 Å². The van der Waals surface area contributed by atoms with E-state index < -0.39 is 0 Å². The first-order chi connectivity index (χ1) is 10.7. The van der Waals surface area contributed by atoms with Crippen molar-refractivity contribution in [3.63, 3.8) is 0 Å². The molecule has 0 saturated carbocycles. The van der Waals surface area contributed by atoms with Gasteiger partial charge in [-0.05, 0) is 55.7 Å². The summed E-state index contributed by atoms with van der Waals surface area (Å²) in [6, 6.07) is 13.5. The second-order valence-electron chi connectivity index (χ2n) is 4.11. The summed E-state index contributed by atoms with van der Waals surface area (Å²) < 4.78 is 0. The van der Waals surface area contributed by atoms with Crippen molar-refractivity contribution < 1.29 is 0 Å². The van der Waals surface area contributed by atoms with Gasteiger partial charge in [0.2, 0.25) is 0 Å². The number of nitrogens with zero attached hydrogens (tertiary/aromatic N) is 2. The van der Waals surface area contributed by atoms with Crippen molar-refractivity contribution in [1.82, 2.24) is 4.98 Å². The van der Waals surface area contributed by atoms with E-state index in [-0.39, 0.29) is 0 Å². The van der Waals surface area contributed by atoms with Crippen molar-refractivity contribution in [2.45, 2.75) is 41.5 Å². The molecule has 0 saturated heterocycles. The monoisotopic (exact) mass is 292 g/mol. The van der Waals surface area contributed by atoms with Gasteiger partial charge in [0.15, 0.2) is 0 Å². The predicted molar refractivity (Wildman–Crippen MR) is 93.5 cm³/mol. The highest BCUT2D eigenvalue weighted by atomic mass is 14.7. The molecule has 0 amide bonds. The third-order valence-electron chi connectivity index (χ3n) is 2.43. The first-order valence-electron chi connectivity index (χ1n) is 7.65. The number of benzene rings is 1. The van der Waals surface area contributed by atoms with Crippen molar-refractivity contribution in [1.29, 1.82) is 5.26 Å². The van der Waals surface area contributed by atoms with Crippen LogP contribution in [0.15, 0.2) is 36.4 Å². The fourth-order valence-electron chi connectivity index (χ4n) is 1.67. The van der Waals surface area contributed by atoms with Gasteiger partial charge in [-0.25, -0.2) is 4.98 Å². The molecule has 2 nitrogen and oxygen atoms in total. The summed E-state index contributed by atoms with van der Waals surface area (Å²) in [7, 11) is 0. The van der Waals surface area contributed by atoms with Crippen LogP contribution in [0, 0.1) is 37.0 Å². The van der Waals surface area contributed by atoms with Gasteiger partial charge in [0.1, 0.15) is 5.69 Å². The predicted octanol–water partition coefficient (Wildman–Crippen LogP) is 5.02. The summed E-state index contributed by atoms with van der Waals surface area (Å²) in [5, 5.41) is 8.90. The Morgan fingerprint density at radius 1 is 0.864 bits per heavy atom. The van der Waals surface area contributed by atoms with E-state index in [1.54, 1.807) is 6.07 Å². The molecule has 0 atom stereocenters. The van der Waals surface area contributed by atoms with Crippen molar-refractivity contribution in [2.75, 3.05) is 0 Å². The lowest BCUT2D eigenvalue weighted by Gasteiger charge is -1.96. The molecule has 2 rings (SSSR count). The standard InChI is InChI=1S/C16H12N2.2C2H6/c1-12-8-14(10-15(9-12)11-17)6-7-16-5-3-4-13(2)18-16;2*1-2/h3-5,8-10H,1-2H3;2*1-2H3. The molecular weight excluding hydrogens is 268 g/mol. The van der Waals surface area contributed by atoms with Crippen LogP contribution in [-0.4, -0.2) is 4.98 Å². The van der Waals surface area contributed by atoms with Gasteiger partial charge in [-0.2, -0.15) is 5.26 Å². The molecule has 0 aliphatic rings. The molecule has 22 heavy (non-hydrogen) atoms. The Balaban J connectivity index is 0.00000102. The van der Waals surface area contributed by atoms with E-state index in [9.17, 15) is 0 Å². The van der Waals surface area contributed by atoms with Gasteiger partial charge in [-0.1, -0.05) is 39.7 Å². The number of nitriles is 1. The Bertz CT molecular complexity index is 683. The maximum absolute atomic E-state index is 8.90. The molecule has 1 aromatic heterocycles. The molecular formula is C20H24N2. The summed E-state index contributed by atoms with van der Waals surface area (Å²) in [6.07, 6.45) is 0. The zero-order chi connectivity index (χ0) is 17.0. The Hall–Kier alpha value is -2.58. The van der Waals surface area contributed by atoms with Crippen LogP contribution in [0.4, 0.5) is 0 Å². The van der Waals surface area contributed by atoms with E-state index in [1.807, 2.05) is 71.9 Å². The van der Waals surface area contributed by atoms with Gasteiger partial charge in [0.25, 0.3) is 0 Å². The lowest BCUT2D eigenvalue weighted by atomic mass is 10.1. The Morgan fingerprint density at radius 2 is 1.50 bits per heavy atom. The topological polar surface area (TPSA) is 36.7 Å². The van der Waals surface area contributed by atoms with E-state index in [2.05, 4.69) is 22.9 Å². The van der Waals surface area contributed by atoms with Crippen molar-refractivity contribution in [3.05, 3.63) is 64.5 Å². The summed E-state index contributed by atoms with van der Waals surface area (Å²) >= 11 is 0. The van der Waals surface area contributed by atoms with Gasteiger partial charge in [0, 0.05) is 11.3 Å². The minimum atomic E-state index is 0.636. The van der Waals surface area contributed by atoms with Crippen LogP contribution in [0.25, 0.3) is 0 Å². The minimum Gasteiger partial charge on any atom is -0.245 e. The molecule has 0 spiro atoms. The number of hydrogen-bond donors (Lipinski definition) is 0. The molecule has 0 unspecified atom stereocenters. The zero-order valence-corrected chi connectivity index (χ0v) is 14.4. The molecule has 2 aromatic rings. The average Bonchev–Trinajstić information content (AvgIpc) is 2.56. The summed E-state index contributed by atoms with van der Waals surface area (Å²) in [5.74, 6) is 6.05. The second-order valence-corrected chi connectivity index (χ2v) is 4.11. The summed E-state index contributed by atoms with van der Waals surface area (Å²) in [4.78, 5) is 4.31. The highest BCUT2D eigenvalue weighted by molar-refractivity contribution is 5.46. The van der Waals surface area contributed by atoms with Gasteiger partial charge >= 0.3 is 0 Å². The lowest BCUT2D eigenvalue weighted by molar-refractivity contribution is 1.18. The fraction of sp³-hybridized carbons (Fsp3) is 0.300. The van der Waals surface area contributed by atoms with Crippen molar-refractivity contribution in [3.8, 4) is 17.9 Å². The number of rotatable bonds is 0. The molecule has 0 N–H and O–H groups in total. The van der Waals surface area contributed by atoms with Crippen LogP contribution in [0.5, 0.6) is 0 Å². The number of aromatic nitrogens is 1. The van der Waals surface area contributed by atoms with E-state index in [4.69, 9.17) is 5.26 Å². The average molecular weight is 292 g/mol. The van der Waals surface area contributed by atoms with Gasteiger partial charge < -0.3 is 0 Å². The smallest absolute Gasteiger partial charge is 0.113 e. The molecule has 0 aliphatic heterocycles. The first-order valence-corrected chi connectivity index (χ1v) is 7.65. The highest BCUT2D eigenvalue weighted by Crippen LogP contribution is 2.08. The second kappa shape index (κ2) is 11.1. The Morgan fingerprint density at radius 3 is 2.09 bits per heavy atom. The fourth-order valence-corrected chi connectivity index (χ4v) is 1.67. The Labute approximate surface area is 134 Å². The van der Waals surface area contributed by atoms with E-state index >= 15 is 0 Å². The normalized spacial score (nSPS) is 8.05. The number of hydrogen-bond acceptors (Lipinski definition) is 2. The van der Waals surface area contributed by atoms with Crippen LogP contribution in [-0.2, 0) is 0 Å². The molecule has 0 aliphatic carbocycles. The lowest BCUT2D eigenvalue weighted by Crippen LogP contribution is -1.86. The third kappa shape index (κ3) is 6.73. The van der Waals surface area contributed by atoms with Crippen LogP contribution in [0.1, 0.15) is 55.8 Å². The first kappa shape index (κ1) is 19.4.